The van der Waals surface area contributed by atoms with Crippen LogP contribution in [0.3, 0.4) is 0 Å². The molecule has 2 aromatic rings. The van der Waals surface area contributed by atoms with Crippen molar-refractivity contribution in [2.45, 2.75) is 39.5 Å². The molecule has 1 saturated heterocycles. The molecule has 2 aliphatic rings. The Morgan fingerprint density at radius 3 is 2.53 bits per heavy atom. The van der Waals surface area contributed by atoms with E-state index in [4.69, 9.17) is 4.74 Å². The Kier molecular flexibility index (Phi) is 7.00. The van der Waals surface area contributed by atoms with Crippen molar-refractivity contribution >= 4 is 17.5 Å². The predicted molar refractivity (Wildman–Crippen MR) is 120 cm³/mol. The first kappa shape index (κ1) is 20.8. The fourth-order valence-electron chi connectivity index (χ4n) is 4.27. The molecule has 7 heteroatoms. The summed E-state index contributed by atoms with van der Waals surface area (Å²) in [5.74, 6) is 3.37. The van der Waals surface area contributed by atoms with Crippen LogP contribution in [0.1, 0.15) is 39.5 Å². The highest BCUT2D eigenvalue weighted by molar-refractivity contribution is 5.54. The SMILES string of the molecule is CCN1CCN(c2ccc(Nc3nccc(OCC4CCC(C)CC4)n3)nc2)CC1. The van der Waals surface area contributed by atoms with Crippen LogP contribution in [0.15, 0.2) is 30.6 Å². The minimum absolute atomic E-state index is 0.515. The number of rotatable bonds is 7. The Labute approximate surface area is 179 Å². The lowest BCUT2D eigenvalue weighted by Crippen LogP contribution is -2.46. The number of pyridine rings is 1. The molecular formula is C23H34N6O. The third-order valence-corrected chi connectivity index (χ3v) is 6.40. The molecule has 2 fully saturated rings. The zero-order valence-electron chi connectivity index (χ0n) is 18.3. The van der Waals surface area contributed by atoms with E-state index in [1.165, 1.54) is 25.7 Å². The van der Waals surface area contributed by atoms with Gasteiger partial charge in [0.15, 0.2) is 0 Å². The normalized spacial score (nSPS) is 22.7. The molecule has 162 valence electrons. The van der Waals surface area contributed by atoms with Gasteiger partial charge in [0.05, 0.1) is 18.5 Å². The van der Waals surface area contributed by atoms with Crippen molar-refractivity contribution < 1.29 is 4.74 Å². The van der Waals surface area contributed by atoms with Gasteiger partial charge in [0.2, 0.25) is 11.8 Å². The Hall–Kier alpha value is -2.41. The summed E-state index contributed by atoms with van der Waals surface area (Å²) in [6.07, 6.45) is 8.77. The van der Waals surface area contributed by atoms with Gasteiger partial charge in [-0.3, -0.25) is 0 Å². The summed E-state index contributed by atoms with van der Waals surface area (Å²) in [6.45, 7) is 10.7. The Balaban J connectivity index is 1.29. The summed E-state index contributed by atoms with van der Waals surface area (Å²) >= 11 is 0. The van der Waals surface area contributed by atoms with Crippen LogP contribution in [0.5, 0.6) is 5.88 Å². The molecule has 7 nitrogen and oxygen atoms in total. The van der Waals surface area contributed by atoms with Crippen LogP contribution < -0.4 is 15.0 Å². The van der Waals surface area contributed by atoms with Gasteiger partial charge in [0.1, 0.15) is 5.82 Å². The number of nitrogens with zero attached hydrogens (tertiary/aromatic N) is 5. The van der Waals surface area contributed by atoms with E-state index in [1.807, 2.05) is 18.3 Å². The number of hydrogen-bond donors (Lipinski definition) is 1. The summed E-state index contributed by atoms with van der Waals surface area (Å²) in [6, 6.07) is 5.92. The Morgan fingerprint density at radius 1 is 1.03 bits per heavy atom. The monoisotopic (exact) mass is 410 g/mol. The van der Waals surface area contributed by atoms with Crippen molar-refractivity contribution in [1.29, 1.82) is 0 Å². The van der Waals surface area contributed by atoms with Crippen LogP contribution >= 0.6 is 0 Å². The van der Waals surface area contributed by atoms with E-state index in [2.05, 4.69) is 50.0 Å². The van der Waals surface area contributed by atoms with E-state index in [-0.39, 0.29) is 0 Å². The molecule has 0 radical (unpaired) electrons. The molecule has 0 aromatic carbocycles. The Bertz CT molecular complexity index is 783. The zero-order chi connectivity index (χ0) is 20.8. The third-order valence-electron chi connectivity index (χ3n) is 6.40. The topological polar surface area (TPSA) is 66.4 Å². The number of ether oxygens (including phenoxy) is 1. The number of piperazine rings is 1. The molecule has 1 N–H and O–H groups in total. The molecule has 0 atom stereocenters. The molecule has 0 bridgehead atoms. The van der Waals surface area contributed by atoms with Gasteiger partial charge < -0.3 is 19.9 Å². The maximum Gasteiger partial charge on any atom is 0.231 e. The van der Waals surface area contributed by atoms with Crippen molar-refractivity contribution in [2.24, 2.45) is 11.8 Å². The fraction of sp³-hybridized carbons (Fsp3) is 0.609. The number of likely N-dealkylation sites (N-methyl/N-ethyl adjacent to an activating group) is 1. The maximum absolute atomic E-state index is 5.95. The smallest absolute Gasteiger partial charge is 0.231 e. The lowest BCUT2D eigenvalue weighted by Gasteiger charge is -2.35. The molecule has 0 amide bonds. The first-order valence-corrected chi connectivity index (χ1v) is 11.4. The molecule has 0 unspecified atom stereocenters. The van der Waals surface area contributed by atoms with Crippen molar-refractivity contribution in [3.63, 3.8) is 0 Å². The van der Waals surface area contributed by atoms with E-state index in [0.717, 1.165) is 56.8 Å². The van der Waals surface area contributed by atoms with Gasteiger partial charge in [-0.2, -0.15) is 4.98 Å². The molecular weight excluding hydrogens is 376 g/mol. The summed E-state index contributed by atoms with van der Waals surface area (Å²) in [5.41, 5.74) is 1.16. The second kappa shape index (κ2) is 10.1. The van der Waals surface area contributed by atoms with Crippen LogP contribution in [0.4, 0.5) is 17.5 Å². The maximum atomic E-state index is 5.95. The van der Waals surface area contributed by atoms with Gasteiger partial charge in [0, 0.05) is 38.4 Å². The molecule has 1 saturated carbocycles. The molecule has 1 aliphatic carbocycles. The van der Waals surface area contributed by atoms with E-state index >= 15 is 0 Å². The zero-order valence-corrected chi connectivity index (χ0v) is 18.3. The minimum Gasteiger partial charge on any atom is -0.477 e. The van der Waals surface area contributed by atoms with Crippen molar-refractivity contribution in [3.8, 4) is 5.88 Å². The average Bonchev–Trinajstić information content (AvgIpc) is 2.80. The van der Waals surface area contributed by atoms with E-state index in [9.17, 15) is 0 Å². The first-order valence-electron chi connectivity index (χ1n) is 11.4. The van der Waals surface area contributed by atoms with E-state index in [0.29, 0.717) is 17.7 Å². The van der Waals surface area contributed by atoms with Crippen LogP contribution in [-0.4, -0.2) is 59.2 Å². The number of nitrogens with one attached hydrogen (secondary N) is 1. The van der Waals surface area contributed by atoms with Gasteiger partial charge >= 0.3 is 0 Å². The summed E-state index contributed by atoms with van der Waals surface area (Å²) in [7, 11) is 0. The van der Waals surface area contributed by atoms with Gasteiger partial charge in [-0.25, -0.2) is 9.97 Å². The summed E-state index contributed by atoms with van der Waals surface area (Å²) in [4.78, 5) is 18.2. The largest absolute Gasteiger partial charge is 0.477 e. The molecule has 2 aromatic heterocycles. The standard InChI is InChI=1S/C23H34N6O/c1-3-28-12-14-29(15-13-28)20-8-9-21(25-16-20)26-23-24-11-10-22(27-23)30-17-19-6-4-18(2)5-7-19/h8-11,16,18-19H,3-7,12-15,17H2,1-2H3,(H,24,25,26,27). The molecule has 30 heavy (non-hydrogen) atoms. The summed E-state index contributed by atoms with van der Waals surface area (Å²) in [5, 5.41) is 3.19. The number of aromatic nitrogens is 3. The Morgan fingerprint density at radius 2 is 1.83 bits per heavy atom. The first-order chi connectivity index (χ1) is 14.7. The highest BCUT2D eigenvalue weighted by Gasteiger charge is 2.19. The van der Waals surface area contributed by atoms with Crippen LogP contribution in [0.25, 0.3) is 0 Å². The molecule has 3 heterocycles. The third kappa shape index (κ3) is 5.59. The number of hydrogen-bond acceptors (Lipinski definition) is 7. The van der Waals surface area contributed by atoms with Crippen molar-refractivity contribution in [3.05, 3.63) is 30.6 Å². The number of anilines is 3. The van der Waals surface area contributed by atoms with Crippen molar-refractivity contribution in [2.75, 3.05) is 49.5 Å². The summed E-state index contributed by atoms with van der Waals surface area (Å²) < 4.78 is 5.95. The lowest BCUT2D eigenvalue weighted by atomic mass is 9.83. The fourth-order valence-corrected chi connectivity index (χ4v) is 4.27. The van der Waals surface area contributed by atoms with Gasteiger partial charge in [-0.15, -0.1) is 0 Å². The van der Waals surface area contributed by atoms with Gasteiger partial charge in [0.25, 0.3) is 0 Å². The van der Waals surface area contributed by atoms with E-state index in [1.54, 1.807) is 6.20 Å². The predicted octanol–water partition coefficient (Wildman–Crippen LogP) is 3.96. The second-order valence-electron chi connectivity index (χ2n) is 8.60. The van der Waals surface area contributed by atoms with Crippen LogP contribution in [0, 0.1) is 11.8 Å². The highest BCUT2D eigenvalue weighted by atomic mass is 16.5. The second-order valence-corrected chi connectivity index (χ2v) is 8.60. The lowest BCUT2D eigenvalue weighted by molar-refractivity contribution is 0.183. The van der Waals surface area contributed by atoms with Crippen molar-refractivity contribution in [1.82, 2.24) is 19.9 Å². The van der Waals surface area contributed by atoms with E-state index < -0.39 is 0 Å². The average molecular weight is 411 g/mol. The van der Waals surface area contributed by atoms with Crippen LogP contribution in [-0.2, 0) is 0 Å². The highest BCUT2D eigenvalue weighted by Crippen LogP contribution is 2.28. The van der Waals surface area contributed by atoms with Gasteiger partial charge in [-0.05, 0) is 43.4 Å². The quantitative estimate of drug-likeness (QED) is 0.741. The molecule has 1 aliphatic heterocycles. The van der Waals surface area contributed by atoms with Crippen LogP contribution in [0.2, 0.25) is 0 Å². The molecule has 0 spiro atoms. The minimum atomic E-state index is 0.515. The van der Waals surface area contributed by atoms with Gasteiger partial charge in [-0.1, -0.05) is 26.7 Å². The molecule has 4 rings (SSSR count).